The van der Waals surface area contributed by atoms with E-state index in [0.717, 1.165) is 46.8 Å². The smallest absolute Gasteiger partial charge is 0.254 e. The first-order valence-corrected chi connectivity index (χ1v) is 10.9. The van der Waals surface area contributed by atoms with Crippen molar-refractivity contribution in [1.29, 1.82) is 0 Å². The number of thioether (sulfide) groups is 1. The molecule has 1 atom stereocenters. The van der Waals surface area contributed by atoms with Crippen LogP contribution in [-0.4, -0.2) is 52.3 Å². The summed E-state index contributed by atoms with van der Waals surface area (Å²) in [4.78, 5) is 34.0. The van der Waals surface area contributed by atoms with Crippen molar-refractivity contribution >= 4 is 35.0 Å². The van der Waals surface area contributed by atoms with E-state index in [-0.39, 0.29) is 17.5 Å². The monoisotopic (exact) mass is 418 g/mol. The van der Waals surface area contributed by atoms with Gasteiger partial charge in [0, 0.05) is 60.8 Å². The van der Waals surface area contributed by atoms with Crippen LogP contribution in [0.4, 0.5) is 5.69 Å². The molecular formula is C20H23ClN4O2S. The highest BCUT2D eigenvalue weighted by molar-refractivity contribution is 7.99. The molecule has 28 heavy (non-hydrogen) atoms. The van der Waals surface area contributed by atoms with Crippen molar-refractivity contribution < 1.29 is 4.79 Å². The molecule has 0 spiro atoms. The molecular weight excluding hydrogens is 396 g/mol. The van der Waals surface area contributed by atoms with Gasteiger partial charge in [-0.25, -0.2) is 4.98 Å². The minimum absolute atomic E-state index is 0.0459. The zero-order valence-corrected chi connectivity index (χ0v) is 17.4. The molecule has 0 bridgehead atoms. The maximum atomic E-state index is 12.8. The van der Waals surface area contributed by atoms with Gasteiger partial charge in [-0.2, -0.15) is 0 Å². The summed E-state index contributed by atoms with van der Waals surface area (Å²) in [6, 6.07) is 9.29. The van der Waals surface area contributed by atoms with E-state index in [2.05, 4.69) is 9.88 Å². The normalized spacial score (nSPS) is 19.0. The van der Waals surface area contributed by atoms with Crippen LogP contribution in [0.15, 0.2) is 40.3 Å². The Labute approximate surface area is 173 Å². The summed E-state index contributed by atoms with van der Waals surface area (Å²) in [7, 11) is 0. The van der Waals surface area contributed by atoms with E-state index in [1.807, 2.05) is 36.1 Å². The van der Waals surface area contributed by atoms with E-state index < -0.39 is 0 Å². The SMILES string of the molecule is CCc1cc(=O)n2c(n1)SCC2CC(=O)N1CCN(c2cccc(Cl)c2)CC1. The maximum absolute atomic E-state index is 12.8. The van der Waals surface area contributed by atoms with Crippen molar-refractivity contribution in [3.05, 3.63) is 51.4 Å². The predicted octanol–water partition coefficient (Wildman–Crippen LogP) is 2.84. The molecule has 0 saturated carbocycles. The van der Waals surface area contributed by atoms with Gasteiger partial charge in [-0.3, -0.25) is 14.2 Å². The summed E-state index contributed by atoms with van der Waals surface area (Å²) in [6.07, 6.45) is 1.09. The Morgan fingerprint density at radius 3 is 2.75 bits per heavy atom. The van der Waals surface area contributed by atoms with Gasteiger partial charge in [0.1, 0.15) is 0 Å². The fourth-order valence-electron chi connectivity index (χ4n) is 3.75. The standard InChI is InChI=1S/C20H23ClN4O2S/c1-2-15-11-19(27)25-17(13-28-20(25)22-15)12-18(26)24-8-6-23(7-9-24)16-5-3-4-14(21)10-16/h3-5,10-11,17H,2,6-9,12-13H2,1H3. The van der Waals surface area contributed by atoms with Gasteiger partial charge in [0.15, 0.2) is 5.16 Å². The van der Waals surface area contributed by atoms with Crippen LogP contribution in [0.5, 0.6) is 0 Å². The molecule has 2 aliphatic heterocycles. The van der Waals surface area contributed by atoms with E-state index >= 15 is 0 Å². The van der Waals surface area contributed by atoms with E-state index in [0.29, 0.717) is 19.5 Å². The Balaban J connectivity index is 1.38. The third kappa shape index (κ3) is 3.91. The lowest BCUT2D eigenvalue weighted by molar-refractivity contribution is -0.132. The Bertz CT molecular complexity index is 940. The minimum Gasteiger partial charge on any atom is -0.368 e. The lowest BCUT2D eigenvalue weighted by Gasteiger charge is -2.36. The molecule has 1 saturated heterocycles. The molecule has 2 aliphatic rings. The zero-order chi connectivity index (χ0) is 19.7. The van der Waals surface area contributed by atoms with Gasteiger partial charge in [-0.1, -0.05) is 36.4 Å². The highest BCUT2D eigenvalue weighted by Gasteiger charge is 2.30. The second kappa shape index (κ2) is 8.17. The van der Waals surface area contributed by atoms with Gasteiger partial charge in [0.05, 0.1) is 6.04 Å². The number of halogens is 1. The number of hydrogen-bond acceptors (Lipinski definition) is 5. The molecule has 1 amide bonds. The van der Waals surface area contributed by atoms with Crippen molar-refractivity contribution in [1.82, 2.24) is 14.5 Å². The highest BCUT2D eigenvalue weighted by Crippen LogP contribution is 2.32. The van der Waals surface area contributed by atoms with Crippen LogP contribution in [0.25, 0.3) is 0 Å². The summed E-state index contributed by atoms with van der Waals surface area (Å²) in [5.74, 6) is 0.833. The Morgan fingerprint density at radius 2 is 2.04 bits per heavy atom. The van der Waals surface area contributed by atoms with Gasteiger partial charge in [-0.05, 0) is 24.6 Å². The molecule has 8 heteroatoms. The first-order valence-electron chi connectivity index (χ1n) is 9.58. The predicted molar refractivity (Wildman–Crippen MR) is 112 cm³/mol. The number of amides is 1. The van der Waals surface area contributed by atoms with Gasteiger partial charge < -0.3 is 9.80 Å². The van der Waals surface area contributed by atoms with Crippen LogP contribution in [0.2, 0.25) is 5.02 Å². The third-order valence-electron chi connectivity index (χ3n) is 5.32. The Morgan fingerprint density at radius 1 is 1.25 bits per heavy atom. The molecule has 0 radical (unpaired) electrons. The number of carbonyl (C=O) groups excluding carboxylic acids is 1. The average molecular weight is 419 g/mol. The number of hydrogen-bond donors (Lipinski definition) is 0. The van der Waals surface area contributed by atoms with E-state index in [4.69, 9.17) is 11.6 Å². The molecule has 0 aliphatic carbocycles. The zero-order valence-electron chi connectivity index (χ0n) is 15.8. The summed E-state index contributed by atoms with van der Waals surface area (Å²) in [6.45, 7) is 4.91. The first-order chi connectivity index (χ1) is 13.5. The molecule has 1 aromatic heterocycles. The van der Waals surface area contributed by atoms with E-state index in [1.165, 1.54) is 0 Å². The lowest BCUT2D eigenvalue weighted by atomic mass is 10.1. The Hall–Kier alpha value is -1.99. The molecule has 3 heterocycles. The van der Waals surface area contributed by atoms with Crippen molar-refractivity contribution in [3.63, 3.8) is 0 Å². The van der Waals surface area contributed by atoms with Crippen LogP contribution in [0.3, 0.4) is 0 Å². The number of piperazine rings is 1. The van der Waals surface area contributed by atoms with Crippen molar-refractivity contribution in [2.24, 2.45) is 0 Å². The molecule has 6 nitrogen and oxygen atoms in total. The van der Waals surface area contributed by atoms with Gasteiger partial charge in [0.25, 0.3) is 5.56 Å². The fourth-order valence-corrected chi connectivity index (χ4v) is 5.10. The summed E-state index contributed by atoms with van der Waals surface area (Å²) in [5.41, 5.74) is 1.85. The van der Waals surface area contributed by atoms with Gasteiger partial charge in [0.2, 0.25) is 5.91 Å². The molecule has 1 aromatic carbocycles. The van der Waals surface area contributed by atoms with Gasteiger partial charge >= 0.3 is 0 Å². The molecule has 0 N–H and O–H groups in total. The quantitative estimate of drug-likeness (QED) is 0.714. The number of carbonyl (C=O) groups is 1. The van der Waals surface area contributed by atoms with Gasteiger partial charge in [-0.15, -0.1) is 0 Å². The largest absolute Gasteiger partial charge is 0.368 e. The van der Waals surface area contributed by atoms with Crippen LogP contribution >= 0.6 is 23.4 Å². The minimum atomic E-state index is -0.107. The summed E-state index contributed by atoms with van der Waals surface area (Å²) in [5, 5.41) is 1.46. The van der Waals surface area contributed by atoms with Crippen LogP contribution < -0.4 is 10.5 Å². The second-order valence-corrected chi connectivity index (χ2v) is 8.53. The molecule has 1 fully saturated rings. The number of anilines is 1. The average Bonchev–Trinajstić information content (AvgIpc) is 3.11. The number of rotatable bonds is 4. The molecule has 2 aromatic rings. The van der Waals surface area contributed by atoms with E-state index in [9.17, 15) is 9.59 Å². The Kier molecular flexibility index (Phi) is 5.64. The number of aryl methyl sites for hydroxylation is 1. The fraction of sp³-hybridized carbons (Fsp3) is 0.450. The summed E-state index contributed by atoms with van der Waals surface area (Å²) >= 11 is 7.65. The van der Waals surface area contributed by atoms with Crippen molar-refractivity contribution in [2.45, 2.75) is 31.0 Å². The molecule has 4 rings (SSSR count). The van der Waals surface area contributed by atoms with E-state index in [1.54, 1.807) is 22.4 Å². The third-order valence-corrected chi connectivity index (χ3v) is 6.65. The maximum Gasteiger partial charge on any atom is 0.254 e. The molecule has 1 unspecified atom stereocenters. The highest BCUT2D eigenvalue weighted by atomic mass is 35.5. The van der Waals surface area contributed by atoms with Crippen LogP contribution in [-0.2, 0) is 11.2 Å². The van der Waals surface area contributed by atoms with Crippen molar-refractivity contribution in [3.8, 4) is 0 Å². The summed E-state index contributed by atoms with van der Waals surface area (Å²) < 4.78 is 1.70. The first kappa shape index (κ1) is 19.3. The topological polar surface area (TPSA) is 58.4 Å². The van der Waals surface area contributed by atoms with Crippen LogP contribution in [0.1, 0.15) is 25.1 Å². The number of benzene rings is 1. The lowest BCUT2D eigenvalue weighted by Crippen LogP contribution is -2.49. The number of aromatic nitrogens is 2. The van der Waals surface area contributed by atoms with Crippen molar-refractivity contribution in [2.75, 3.05) is 36.8 Å². The molecule has 148 valence electrons. The second-order valence-electron chi connectivity index (χ2n) is 7.11. The number of fused-ring (bicyclic) bond motifs is 1. The number of nitrogens with zero attached hydrogens (tertiary/aromatic N) is 4. The van der Waals surface area contributed by atoms with Crippen LogP contribution in [0, 0.1) is 0 Å².